The van der Waals surface area contributed by atoms with Crippen LogP contribution in [-0.4, -0.2) is 30.6 Å². The van der Waals surface area contributed by atoms with Crippen LogP contribution < -0.4 is 0 Å². The molecule has 0 saturated carbocycles. The number of unbranched alkanes of at least 4 members (excludes halogenated alkanes) is 5. The summed E-state index contributed by atoms with van der Waals surface area (Å²) in [6.07, 6.45) is 10.1. The van der Waals surface area contributed by atoms with E-state index < -0.39 is 0 Å². The predicted octanol–water partition coefficient (Wildman–Crippen LogP) is 4.40. The molecule has 0 unspecified atom stereocenters. The first-order valence-corrected chi connectivity index (χ1v) is 8.09. The first-order chi connectivity index (χ1) is 9.63. The van der Waals surface area contributed by atoms with E-state index >= 15 is 0 Å². The Kier molecular flexibility index (Phi) is 8.36. The van der Waals surface area contributed by atoms with E-state index in [-0.39, 0.29) is 0 Å². The van der Waals surface area contributed by atoms with Crippen molar-refractivity contribution in [1.29, 1.82) is 0 Å². The summed E-state index contributed by atoms with van der Waals surface area (Å²) in [4.78, 5) is 2.15. The van der Waals surface area contributed by atoms with Gasteiger partial charge in [-0.15, -0.1) is 0 Å². The van der Waals surface area contributed by atoms with Gasteiger partial charge in [0.15, 0.2) is 0 Å². The van der Waals surface area contributed by atoms with Crippen molar-refractivity contribution < 1.29 is 5.11 Å². The lowest BCUT2D eigenvalue weighted by molar-refractivity contribution is 0.406. The highest BCUT2D eigenvalue weighted by Crippen LogP contribution is 2.20. The van der Waals surface area contributed by atoms with Crippen molar-refractivity contribution in [1.82, 2.24) is 4.90 Å². The molecule has 0 spiro atoms. The summed E-state index contributed by atoms with van der Waals surface area (Å²) in [7, 11) is 4.13. The van der Waals surface area contributed by atoms with Gasteiger partial charge in [-0.1, -0.05) is 51.2 Å². The molecule has 20 heavy (non-hydrogen) atoms. The zero-order valence-corrected chi connectivity index (χ0v) is 13.5. The quantitative estimate of drug-likeness (QED) is 0.641. The lowest BCUT2D eigenvalue weighted by atomic mass is 10.0. The summed E-state index contributed by atoms with van der Waals surface area (Å²) in [5, 5.41) is 9.90. The van der Waals surface area contributed by atoms with Gasteiger partial charge in [0.25, 0.3) is 0 Å². The number of benzene rings is 1. The fourth-order valence-electron chi connectivity index (χ4n) is 2.45. The topological polar surface area (TPSA) is 23.5 Å². The van der Waals surface area contributed by atoms with Gasteiger partial charge in [-0.05, 0) is 50.6 Å². The third kappa shape index (κ3) is 6.95. The zero-order valence-electron chi connectivity index (χ0n) is 13.5. The highest BCUT2D eigenvalue weighted by Gasteiger charge is 2.04. The first kappa shape index (κ1) is 17.0. The molecule has 2 nitrogen and oxygen atoms in total. The molecular weight excluding hydrogens is 246 g/mol. The van der Waals surface area contributed by atoms with Gasteiger partial charge in [-0.3, -0.25) is 0 Å². The van der Waals surface area contributed by atoms with E-state index in [1.165, 1.54) is 44.1 Å². The molecule has 0 heterocycles. The molecule has 0 aliphatic heterocycles. The van der Waals surface area contributed by atoms with Crippen molar-refractivity contribution in [2.45, 2.75) is 58.3 Å². The van der Waals surface area contributed by atoms with E-state index in [4.69, 9.17) is 0 Å². The fraction of sp³-hybridized carbons (Fsp3) is 0.667. The average molecular weight is 277 g/mol. The van der Waals surface area contributed by atoms with E-state index in [1.54, 1.807) is 0 Å². The second-order valence-corrected chi connectivity index (χ2v) is 6.03. The van der Waals surface area contributed by atoms with E-state index in [1.807, 2.05) is 6.07 Å². The van der Waals surface area contributed by atoms with Crippen LogP contribution in [0.5, 0.6) is 5.75 Å². The SMILES string of the molecule is CCCCCCCCc1ccc(O)c(CCN(C)C)c1. The van der Waals surface area contributed by atoms with Crippen molar-refractivity contribution in [3.05, 3.63) is 29.3 Å². The maximum absolute atomic E-state index is 9.90. The molecule has 2 heteroatoms. The minimum Gasteiger partial charge on any atom is -0.508 e. The van der Waals surface area contributed by atoms with Crippen molar-refractivity contribution in [2.75, 3.05) is 20.6 Å². The summed E-state index contributed by atoms with van der Waals surface area (Å²) < 4.78 is 0. The Morgan fingerprint density at radius 1 is 0.950 bits per heavy atom. The summed E-state index contributed by atoms with van der Waals surface area (Å²) in [5.41, 5.74) is 2.45. The second-order valence-electron chi connectivity index (χ2n) is 6.03. The number of rotatable bonds is 10. The minimum absolute atomic E-state index is 0.443. The first-order valence-electron chi connectivity index (χ1n) is 8.09. The van der Waals surface area contributed by atoms with Crippen LogP contribution in [0.25, 0.3) is 0 Å². The number of nitrogens with zero attached hydrogens (tertiary/aromatic N) is 1. The molecule has 0 atom stereocenters. The third-order valence-electron chi connectivity index (χ3n) is 3.79. The van der Waals surface area contributed by atoms with Gasteiger partial charge >= 0.3 is 0 Å². The van der Waals surface area contributed by atoms with Crippen molar-refractivity contribution in [3.8, 4) is 5.75 Å². The van der Waals surface area contributed by atoms with Gasteiger partial charge in [-0.2, -0.15) is 0 Å². The molecule has 0 aliphatic carbocycles. The maximum atomic E-state index is 9.90. The fourth-order valence-corrected chi connectivity index (χ4v) is 2.45. The molecule has 1 aromatic rings. The number of hydrogen-bond donors (Lipinski definition) is 1. The molecule has 1 aromatic carbocycles. The molecule has 114 valence electrons. The molecule has 0 aromatic heterocycles. The van der Waals surface area contributed by atoms with E-state index in [0.717, 1.165) is 24.9 Å². The number of hydrogen-bond acceptors (Lipinski definition) is 2. The van der Waals surface area contributed by atoms with Crippen molar-refractivity contribution >= 4 is 0 Å². The molecule has 0 aliphatic rings. The Labute approximate surface area is 124 Å². The van der Waals surface area contributed by atoms with Gasteiger partial charge in [0.1, 0.15) is 5.75 Å². The molecule has 1 N–H and O–H groups in total. The van der Waals surface area contributed by atoms with Crippen LogP contribution >= 0.6 is 0 Å². The normalized spacial score (nSPS) is 11.2. The smallest absolute Gasteiger partial charge is 0.118 e. The Morgan fingerprint density at radius 3 is 2.35 bits per heavy atom. The second kappa shape index (κ2) is 9.82. The molecular formula is C18H31NO. The van der Waals surface area contributed by atoms with Crippen LogP contribution in [0.2, 0.25) is 0 Å². The van der Waals surface area contributed by atoms with Crippen molar-refractivity contribution in [3.63, 3.8) is 0 Å². The average Bonchev–Trinajstić information content (AvgIpc) is 2.42. The Morgan fingerprint density at radius 2 is 1.65 bits per heavy atom. The van der Waals surface area contributed by atoms with E-state index in [0.29, 0.717) is 5.75 Å². The maximum Gasteiger partial charge on any atom is 0.118 e. The number of phenolic OH excluding ortho intramolecular Hbond substituents is 1. The molecule has 0 bridgehead atoms. The van der Waals surface area contributed by atoms with Gasteiger partial charge in [0.2, 0.25) is 0 Å². The Hall–Kier alpha value is -1.02. The zero-order chi connectivity index (χ0) is 14.8. The molecule has 0 amide bonds. The number of phenols is 1. The lowest BCUT2D eigenvalue weighted by Crippen LogP contribution is -2.15. The van der Waals surface area contributed by atoms with Crippen LogP contribution in [0.1, 0.15) is 56.6 Å². The minimum atomic E-state index is 0.443. The van der Waals surface area contributed by atoms with Gasteiger partial charge < -0.3 is 10.0 Å². The summed E-state index contributed by atoms with van der Waals surface area (Å²) in [5.74, 6) is 0.443. The highest BCUT2D eigenvalue weighted by molar-refractivity contribution is 5.36. The van der Waals surface area contributed by atoms with Crippen LogP contribution in [0, 0.1) is 0 Å². The number of aromatic hydroxyl groups is 1. The highest BCUT2D eigenvalue weighted by atomic mass is 16.3. The molecule has 1 rings (SSSR count). The lowest BCUT2D eigenvalue weighted by Gasteiger charge is -2.12. The predicted molar refractivity (Wildman–Crippen MR) is 87.4 cm³/mol. The third-order valence-corrected chi connectivity index (χ3v) is 3.79. The van der Waals surface area contributed by atoms with Gasteiger partial charge in [0, 0.05) is 6.54 Å². The molecule has 0 saturated heterocycles. The Balaban J connectivity index is 2.36. The standard InChI is InChI=1S/C18H31NO/c1-4-5-6-7-8-9-10-16-11-12-18(20)17(15-16)13-14-19(2)3/h11-12,15,20H,4-10,13-14H2,1-3H3. The van der Waals surface area contributed by atoms with Crippen LogP contribution in [-0.2, 0) is 12.8 Å². The molecule has 0 radical (unpaired) electrons. The molecule has 0 fully saturated rings. The summed E-state index contributed by atoms with van der Waals surface area (Å²) in [6, 6.07) is 6.11. The van der Waals surface area contributed by atoms with Crippen LogP contribution in [0.3, 0.4) is 0 Å². The van der Waals surface area contributed by atoms with E-state index in [2.05, 4.69) is 38.1 Å². The monoisotopic (exact) mass is 277 g/mol. The van der Waals surface area contributed by atoms with Crippen molar-refractivity contribution in [2.24, 2.45) is 0 Å². The van der Waals surface area contributed by atoms with E-state index in [9.17, 15) is 5.11 Å². The Bertz CT molecular complexity index is 374. The number of aryl methyl sites for hydroxylation is 1. The summed E-state index contributed by atoms with van der Waals surface area (Å²) in [6.45, 7) is 3.24. The van der Waals surface area contributed by atoms with Crippen LogP contribution in [0.15, 0.2) is 18.2 Å². The van der Waals surface area contributed by atoms with Crippen LogP contribution in [0.4, 0.5) is 0 Å². The summed E-state index contributed by atoms with van der Waals surface area (Å²) >= 11 is 0. The van der Waals surface area contributed by atoms with Gasteiger partial charge in [-0.25, -0.2) is 0 Å². The largest absolute Gasteiger partial charge is 0.508 e. The van der Waals surface area contributed by atoms with Gasteiger partial charge in [0.05, 0.1) is 0 Å². The number of likely N-dealkylation sites (N-methyl/N-ethyl adjacent to an activating group) is 1.